The number of carbonyl (C=O) groups is 3. The second-order valence-electron chi connectivity index (χ2n) is 5.75. The molecule has 1 fully saturated rings. The van der Waals surface area contributed by atoms with Gasteiger partial charge in [-0.3, -0.25) is 19.3 Å². The lowest BCUT2D eigenvalue weighted by atomic mass is 10.2. The van der Waals surface area contributed by atoms with Crippen LogP contribution < -0.4 is 5.32 Å². The van der Waals surface area contributed by atoms with E-state index in [9.17, 15) is 14.4 Å². The van der Waals surface area contributed by atoms with Crippen molar-refractivity contribution in [2.24, 2.45) is 0 Å². The molecular formula is C17H23ClN2O5. The van der Waals surface area contributed by atoms with E-state index < -0.39 is 11.9 Å². The molecule has 7 nitrogen and oxygen atoms in total. The van der Waals surface area contributed by atoms with E-state index in [-0.39, 0.29) is 18.7 Å². The molecule has 3 N–H and O–H groups in total. The van der Waals surface area contributed by atoms with Crippen molar-refractivity contribution < 1.29 is 24.6 Å². The average molecular weight is 371 g/mol. The Bertz CT molecular complexity index is 581. The molecule has 0 aromatic heterocycles. The second-order valence-corrected chi connectivity index (χ2v) is 6.16. The molecule has 1 saturated heterocycles. The van der Waals surface area contributed by atoms with Crippen molar-refractivity contribution in [3.05, 3.63) is 28.8 Å². The van der Waals surface area contributed by atoms with Crippen LogP contribution in [-0.4, -0.2) is 52.6 Å². The van der Waals surface area contributed by atoms with E-state index in [4.69, 9.17) is 21.8 Å². The molecule has 0 unspecified atom stereocenters. The maximum atomic E-state index is 11.9. The van der Waals surface area contributed by atoms with E-state index in [0.29, 0.717) is 11.6 Å². The number of carboxylic acid groups (broad SMARTS) is 2. The average Bonchev–Trinajstić information content (AvgIpc) is 3.02. The summed E-state index contributed by atoms with van der Waals surface area (Å²) in [6.07, 6.45) is 1.79. The largest absolute Gasteiger partial charge is 0.481 e. The van der Waals surface area contributed by atoms with E-state index >= 15 is 0 Å². The number of aliphatic carboxylic acids is 2. The fraction of sp³-hybridized carbons (Fsp3) is 0.471. The molecule has 8 heteroatoms. The molecule has 1 aromatic rings. The third-order valence-electron chi connectivity index (χ3n) is 3.60. The van der Waals surface area contributed by atoms with Crippen LogP contribution >= 0.6 is 11.6 Å². The molecule has 1 aromatic carbocycles. The predicted octanol–water partition coefficient (Wildman–Crippen LogP) is 2.62. The number of hydrogen-bond donors (Lipinski definition) is 3. The Morgan fingerprint density at radius 3 is 2.16 bits per heavy atom. The monoisotopic (exact) mass is 370 g/mol. The zero-order valence-corrected chi connectivity index (χ0v) is 14.9. The van der Waals surface area contributed by atoms with E-state index in [0.717, 1.165) is 24.3 Å². The van der Waals surface area contributed by atoms with Gasteiger partial charge < -0.3 is 15.5 Å². The summed E-state index contributed by atoms with van der Waals surface area (Å²) in [6.45, 7) is 4.45. The first-order chi connectivity index (χ1) is 11.8. The Hall–Kier alpha value is -2.12. The highest BCUT2D eigenvalue weighted by Gasteiger charge is 2.16. The molecule has 1 aliphatic rings. The van der Waals surface area contributed by atoms with Crippen LogP contribution in [0.5, 0.6) is 0 Å². The zero-order valence-electron chi connectivity index (χ0n) is 14.1. The number of aryl methyl sites for hydroxylation is 1. The van der Waals surface area contributed by atoms with Crippen molar-refractivity contribution in [2.45, 2.75) is 32.6 Å². The van der Waals surface area contributed by atoms with E-state index in [1.807, 2.05) is 19.1 Å². The number of amides is 1. The smallest absolute Gasteiger partial charge is 0.303 e. The molecule has 0 saturated carbocycles. The SMILES string of the molecule is Cc1cccc(Cl)c1NC(=O)CN1CCCC1.O=C(O)CCC(=O)O. The van der Waals surface area contributed by atoms with Crippen molar-refractivity contribution in [2.75, 3.05) is 25.0 Å². The highest BCUT2D eigenvalue weighted by molar-refractivity contribution is 6.33. The maximum absolute atomic E-state index is 11.9. The van der Waals surface area contributed by atoms with E-state index in [2.05, 4.69) is 10.2 Å². The van der Waals surface area contributed by atoms with Gasteiger partial charge in [0.2, 0.25) is 5.91 Å². The molecule has 0 spiro atoms. The van der Waals surface area contributed by atoms with Gasteiger partial charge >= 0.3 is 11.9 Å². The van der Waals surface area contributed by atoms with Crippen LogP contribution in [0.4, 0.5) is 5.69 Å². The minimum absolute atomic E-state index is 0.0168. The topological polar surface area (TPSA) is 107 Å². The van der Waals surface area contributed by atoms with Crippen LogP contribution in [0.3, 0.4) is 0 Å². The Morgan fingerprint density at radius 1 is 1.12 bits per heavy atom. The lowest BCUT2D eigenvalue weighted by Crippen LogP contribution is -2.31. The summed E-state index contributed by atoms with van der Waals surface area (Å²) in [4.78, 5) is 33.3. The minimum atomic E-state index is -1.08. The van der Waals surface area contributed by atoms with Crippen molar-refractivity contribution in [3.8, 4) is 0 Å². The summed E-state index contributed by atoms with van der Waals surface area (Å²) >= 11 is 6.06. The van der Waals surface area contributed by atoms with Crippen LogP contribution in [0.2, 0.25) is 5.02 Å². The lowest BCUT2D eigenvalue weighted by Gasteiger charge is -2.15. The summed E-state index contributed by atoms with van der Waals surface area (Å²) in [5.74, 6) is -2.14. The summed E-state index contributed by atoms with van der Waals surface area (Å²) in [7, 11) is 0. The van der Waals surface area contributed by atoms with Crippen LogP contribution in [0, 0.1) is 6.92 Å². The van der Waals surface area contributed by atoms with Gasteiger partial charge in [0.05, 0.1) is 30.1 Å². The van der Waals surface area contributed by atoms with Crippen LogP contribution in [0.1, 0.15) is 31.2 Å². The van der Waals surface area contributed by atoms with E-state index in [1.165, 1.54) is 12.8 Å². The Labute approximate surface area is 151 Å². The van der Waals surface area contributed by atoms with Crippen LogP contribution in [0.25, 0.3) is 0 Å². The number of likely N-dealkylation sites (tertiary alicyclic amines) is 1. The number of nitrogens with zero attached hydrogens (tertiary/aromatic N) is 1. The third-order valence-corrected chi connectivity index (χ3v) is 3.92. The minimum Gasteiger partial charge on any atom is -0.481 e. The Kier molecular flexibility index (Phi) is 8.94. The molecule has 1 heterocycles. The summed E-state index contributed by atoms with van der Waals surface area (Å²) < 4.78 is 0. The van der Waals surface area contributed by atoms with E-state index in [1.54, 1.807) is 6.07 Å². The Morgan fingerprint density at radius 2 is 1.68 bits per heavy atom. The highest BCUT2D eigenvalue weighted by Crippen LogP contribution is 2.25. The first-order valence-corrected chi connectivity index (χ1v) is 8.38. The number of carboxylic acids is 2. The van der Waals surface area contributed by atoms with Gasteiger partial charge in [-0.25, -0.2) is 0 Å². The first kappa shape index (κ1) is 20.9. The number of nitrogens with one attached hydrogen (secondary N) is 1. The van der Waals surface area contributed by atoms with Gasteiger partial charge in [0, 0.05) is 0 Å². The van der Waals surface area contributed by atoms with Gasteiger partial charge in [-0.2, -0.15) is 0 Å². The number of halogens is 1. The number of anilines is 1. The van der Waals surface area contributed by atoms with Crippen LogP contribution in [0.15, 0.2) is 18.2 Å². The van der Waals surface area contributed by atoms with Crippen molar-refractivity contribution in [1.82, 2.24) is 4.90 Å². The number of hydrogen-bond acceptors (Lipinski definition) is 4. The second kappa shape index (κ2) is 10.7. The molecule has 1 aliphatic heterocycles. The zero-order chi connectivity index (χ0) is 18.8. The van der Waals surface area contributed by atoms with Gasteiger partial charge in [0.15, 0.2) is 0 Å². The molecule has 0 aliphatic carbocycles. The van der Waals surface area contributed by atoms with Crippen molar-refractivity contribution in [3.63, 3.8) is 0 Å². The standard InChI is InChI=1S/C13H17ClN2O.C4H6O4/c1-10-5-4-6-11(14)13(10)15-12(17)9-16-7-2-3-8-16;5-3(6)1-2-4(7)8/h4-6H,2-3,7-9H2,1H3,(H,15,17);1-2H2,(H,5,6)(H,7,8). The van der Waals surface area contributed by atoms with Gasteiger partial charge in [-0.15, -0.1) is 0 Å². The fourth-order valence-corrected chi connectivity index (χ4v) is 2.60. The van der Waals surface area contributed by atoms with Crippen LogP contribution in [-0.2, 0) is 14.4 Å². The summed E-state index contributed by atoms with van der Waals surface area (Å²) in [5.41, 5.74) is 1.73. The molecule has 2 rings (SSSR count). The van der Waals surface area contributed by atoms with Crippen molar-refractivity contribution in [1.29, 1.82) is 0 Å². The first-order valence-electron chi connectivity index (χ1n) is 8.00. The molecule has 0 bridgehead atoms. The lowest BCUT2D eigenvalue weighted by molar-refractivity contribution is -0.143. The molecule has 1 amide bonds. The molecule has 25 heavy (non-hydrogen) atoms. The molecule has 138 valence electrons. The number of carbonyl (C=O) groups excluding carboxylic acids is 1. The number of para-hydroxylation sites is 1. The number of benzene rings is 1. The fourth-order valence-electron chi connectivity index (χ4n) is 2.33. The highest BCUT2D eigenvalue weighted by atomic mass is 35.5. The quantitative estimate of drug-likeness (QED) is 0.710. The summed E-state index contributed by atoms with van der Waals surface area (Å²) in [6, 6.07) is 5.62. The molecule has 0 atom stereocenters. The summed E-state index contributed by atoms with van der Waals surface area (Å²) in [5, 5.41) is 19.3. The third kappa shape index (κ3) is 8.51. The number of rotatable bonds is 6. The van der Waals surface area contributed by atoms with Gasteiger partial charge in [0.1, 0.15) is 0 Å². The molecular weight excluding hydrogens is 348 g/mol. The van der Waals surface area contributed by atoms with Crippen molar-refractivity contribution >= 4 is 35.1 Å². The van der Waals surface area contributed by atoms with Gasteiger partial charge in [-0.05, 0) is 44.5 Å². The van der Waals surface area contributed by atoms with Gasteiger partial charge in [0.25, 0.3) is 0 Å². The van der Waals surface area contributed by atoms with Gasteiger partial charge in [-0.1, -0.05) is 23.7 Å². The molecule has 0 radical (unpaired) electrons. The predicted molar refractivity (Wildman–Crippen MR) is 95.0 cm³/mol. The normalized spacial score (nSPS) is 13.7. The maximum Gasteiger partial charge on any atom is 0.303 e. The Balaban J connectivity index is 0.000000333.